The van der Waals surface area contributed by atoms with Crippen molar-refractivity contribution in [2.75, 3.05) is 0 Å². The third-order valence-corrected chi connectivity index (χ3v) is 2.16. The van der Waals surface area contributed by atoms with Crippen molar-refractivity contribution in [1.82, 2.24) is 0 Å². The van der Waals surface area contributed by atoms with Crippen LogP contribution in [0.25, 0.3) is 0 Å². The van der Waals surface area contributed by atoms with Crippen molar-refractivity contribution in [1.29, 1.82) is 5.26 Å². The van der Waals surface area contributed by atoms with Gasteiger partial charge in [0.15, 0.2) is 0 Å². The number of rotatable bonds is 2. The van der Waals surface area contributed by atoms with Gasteiger partial charge >= 0.3 is 0 Å². The summed E-state index contributed by atoms with van der Waals surface area (Å²) >= 11 is 5.79. The first kappa shape index (κ1) is 9.76. The summed E-state index contributed by atoms with van der Waals surface area (Å²) in [6.07, 6.45) is 0.845. The number of nitrogens with zero attached hydrogens (tertiary/aromatic N) is 1. The molecule has 1 unspecified atom stereocenters. The molecule has 0 aliphatic rings. The first-order valence-corrected chi connectivity index (χ1v) is 4.21. The summed E-state index contributed by atoms with van der Waals surface area (Å²) in [5.41, 5.74) is 1.27. The zero-order chi connectivity index (χ0) is 9.84. The number of carbonyl (C=O) groups is 1. The molecule has 1 aromatic carbocycles. The molecule has 0 N–H and O–H groups in total. The Balaban J connectivity index is 3.11. The van der Waals surface area contributed by atoms with Crippen molar-refractivity contribution >= 4 is 17.9 Å². The molecule has 1 rings (SSSR count). The average Bonchev–Trinajstić information content (AvgIpc) is 2.16. The maximum atomic E-state index is 10.5. The van der Waals surface area contributed by atoms with E-state index >= 15 is 0 Å². The molecule has 0 saturated heterocycles. The van der Waals surface area contributed by atoms with E-state index in [0.29, 0.717) is 10.6 Å². The predicted octanol–water partition coefficient (Wildman–Crippen LogP) is 2.51. The smallest absolute Gasteiger partial charge is 0.127 e. The summed E-state index contributed by atoms with van der Waals surface area (Å²) in [7, 11) is 0. The van der Waals surface area contributed by atoms with Crippen molar-refractivity contribution in [2.45, 2.75) is 12.8 Å². The van der Waals surface area contributed by atoms with Crippen LogP contribution >= 0.6 is 11.6 Å². The Hall–Kier alpha value is -1.33. The molecule has 0 aliphatic heterocycles. The Labute approximate surface area is 81.7 Å². The van der Waals surface area contributed by atoms with Crippen molar-refractivity contribution < 1.29 is 4.79 Å². The number of hydrogen-bond donors (Lipinski definition) is 0. The van der Waals surface area contributed by atoms with Gasteiger partial charge in [0.2, 0.25) is 0 Å². The van der Waals surface area contributed by atoms with E-state index < -0.39 is 0 Å². The number of halogens is 1. The van der Waals surface area contributed by atoms with Crippen LogP contribution in [0.5, 0.6) is 0 Å². The molecule has 0 saturated carbocycles. The Morgan fingerprint density at radius 2 is 2.31 bits per heavy atom. The van der Waals surface area contributed by atoms with Crippen LogP contribution in [0.15, 0.2) is 18.2 Å². The van der Waals surface area contributed by atoms with Crippen molar-refractivity contribution in [3.05, 3.63) is 34.3 Å². The first-order valence-electron chi connectivity index (χ1n) is 3.84. The van der Waals surface area contributed by atoms with Crippen molar-refractivity contribution in [3.8, 4) is 6.07 Å². The lowest BCUT2D eigenvalue weighted by Gasteiger charge is -2.04. The fraction of sp³-hybridized carbons (Fsp3) is 0.200. The molecular formula is C10H8ClNO. The van der Waals surface area contributed by atoms with E-state index in [1.165, 1.54) is 0 Å². The summed E-state index contributed by atoms with van der Waals surface area (Å²) < 4.78 is 0. The molecule has 0 amide bonds. The minimum Gasteiger partial charge on any atom is -0.303 e. The first-order chi connectivity index (χ1) is 6.19. The van der Waals surface area contributed by atoms with Crippen molar-refractivity contribution in [2.24, 2.45) is 0 Å². The maximum absolute atomic E-state index is 10.5. The fourth-order valence-electron chi connectivity index (χ4n) is 0.984. The minimum absolute atomic E-state index is 0.176. The molecule has 1 aromatic rings. The van der Waals surface area contributed by atoms with Gasteiger partial charge in [-0.25, -0.2) is 0 Å². The zero-order valence-electron chi connectivity index (χ0n) is 7.12. The maximum Gasteiger partial charge on any atom is 0.127 e. The molecule has 0 bridgehead atoms. The van der Waals surface area contributed by atoms with Gasteiger partial charge in [-0.1, -0.05) is 24.6 Å². The number of nitriles is 1. The average molecular weight is 194 g/mol. The van der Waals surface area contributed by atoms with Gasteiger partial charge in [0.25, 0.3) is 0 Å². The van der Waals surface area contributed by atoms with E-state index in [1.54, 1.807) is 25.1 Å². The molecule has 0 aliphatic carbocycles. The van der Waals surface area contributed by atoms with E-state index in [2.05, 4.69) is 0 Å². The van der Waals surface area contributed by atoms with Gasteiger partial charge in [0, 0.05) is 5.92 Å². The highest BCUT2D eigenvalue weighted by molar-refractivity contribution is 6.31. The molecule has 0 aromatic heterocycles. The van der Waals surface area contributed by atoms with E-state index in [9.17, 15) is 4.79 Å². The molecule has 3 heteroatoms. The normalized spacial score (nSPS) is 11.8. The topological polar surface area (TPSA) is 40.9 Å². The van der Waals surface area contributed by atoms with Gasteiger partial charge in [0.05, 0.1) is 10.6 Å². The Bertz CT molecular complexity index is 368. The molecule has 66 valence electrons. The van der Waals surface area contributed by atoms with Gasteiger partial charge < -0.3 is 4.79 Å². The third-order valence-electron chi connectivity index (χ3n) is 1.84. The largest absolute Gasteiger partial charge is 0.303 e. The second kappa shape index (κ2) is 4.06. The molecule has 1 atom stereocenters. The standard InChI is InChI=1S/C10H8ClNO/c1-7(6-13)8-2-3-9(5-12)10(11)4-8/h2-4,6-7H,1H3. The summed E-state index contributed by atoms with van der Waals surface area (Å²) in [6.45, 7) is 1.78. The summed E-state index contributed by atoms with van der Waals surface area (Å²) in [4.78, 5) is 10.5. The van der Waals surface area contributed by atoms with E-state index in [1.807, 2.05) is 6.07 Å². The second-order valence-electron chi connectivity index (χ2n) is 2.78. The van der Waals surface area contributed by atoms with Gasteiger partial charge in [-0.2, -0.15) is 5.26 Å². The number of carbonyl (C=O) groups excluding carboxylic acids is 1. The van der Waals surface area contributed by atoms with Gasteiger partial charge in [-0.15, -0.1) is 0 Å². The lowest BCUT2D eigenvalue weighted by molar-refractivity contribution is -0.108. The van der Waals surface area contributed by atoms with Crippen LogP contribution in [0, 0.1) is 11.3 Å². The Morgan fingerprint density at radius 1 is 1.62 bits per heavy atom. The number of aldehydes is 1. The Kier molecular flexibility index (Phi) is 3.05. The molecular weight excluding hydrogens is 186 g/mol. The molecule has 0 heterocycles. The molecule has 0 radical (unpaired) electrons. The van der Waals surface area contributed by atoms with Gasteiger partial charge in [-0.3, -0.25) is 0 Å². The lowest BCUT2D eigenvalue weighted by atomic mass is 10.0. The number of benzene rings is 1. The lowest BCUT2D eigenvalue weighted by Crippen LogP contribution is -1.94. The van der Waals surface area contributed by atoms with Crippen LogP contribution < -0.4 is 0 Å². The Morgan fingerprint density at radius 3 is 2.77 bits per heavy atom. The van der Waals surface area contributed by atoms with Crippen LogP contribution in [-0.4, -0.2) is 6.29 Å². The highest BCUT2D eigenvalue weighted by atomic mass is 35.5. The van der Waals surface area contributed by atoms with E-state index in [0.717, 1.165) is 11.8 Å². The predicted molar refractivity (Wildman–Crippen MR) is 50.6 cm³/mol. The molecule has 2 nitrogen and oxygen atoms in total. The van der Waals surface area contributed by atoms with E-state index in [-0.39, 0.29) is 5.92 Å². The summed E-state index contributed by atoms with van der Waals surface area (Å²) in [6, 6.07) is 6.97. The zero-order valence-corrected chi connectivity index (χ0v) is 7.88. The SMILES string of the molecule is CC(C=O)c1ccc(C#N)c(Cl)c1. The van der Waals surface area contributed by atoms with Crippen LogP contribution in [0.1, 0.15) is 24.0 Å². The highest BCUT2D eigenvalue weighted by Gasteiger charge is 2.06. The third kappa shape index (κ3) is 2.07. The minimum atomic E-state index is -0.176. The molecule has 0 fully saturated rings. The van der Waals surface area contributed by atoms with Crippen LogP contribution in [0.2, 0.25) is 5.02 Å². The molecule has 0 spiro atoms. The molecule has 13 heavy (non-hydrogen) atoms. The monoisotopic (exact) mass is 193 g/mol. The second-order valence-corrected chi connectivity index (χ2v) is 3.18. The summed E-state index contributed by atoms with van der Waals surface area (Å²) in [5, 5.41) is 9.00. The summed E-state index contributed by atoms with van der Waals surface area (Å²) in [5.74, 6) is -0.176. The number of hydrogen-bond acceptors (Lipinski definition) is 2. The fourth-order valence-corrected chi connectivity index (χ4v) is 1.22. The van der Waals surface area contributed by atoms with Gasteiger partial charge in [-0.05, 0) is 17.7 Å². The highest BCUT2D eigenvalue weighted by Crippen LogP contribution is 2.21. The van der Waals surface area contributed by atoms with Crippen LogP contribution in [0.3, 0.4) is 0 Å². The van der Waals surface area contributed by atoms with E-state index in [4.69, 9.17) is 16.9 Å². The quantitative estimate of drug-likeness (QED) is 0.678. The van der Waals surface area contributed by atoms with Crippen LogP contribution in [0.4, 0.5) is 0 Å². The van der Waals surface area contributed by atoms with Gasteiger partial charge in [0.1, 0.15) is 12.4 Å². The van der Waals surface area contributed by atoms with Crippen molar-refractivity contribution in [3.63, 3.8) is 0 Å². The van der Waals surface area contributed by atoms with Crippen LogP contribution in [-0.2, 0) is 4.79 Å².